The molecule has 0 spiro atoms. The molecule has 0 saturated heterocycles. The van der Waals surface area contributed by atoms with Crippen LogP contribution < -0.4 is 0 Å². The highest BCUT2D eigenvalue weighted by Gasteiger charge is 2.19. The van der Waals surface area contributed by atoms with Crippen LogP contribution in [0.3, 0.4) is 0 Å². The average molecular weight is 1080 g/mol. The molecule has 0 aromatic carbocycles. The molecule has 0 aliphatic rings. The van der Waals surface area contributed by atoms with Crippen molar-refractivity contribution >= 4 is 17.9 Å². The molecule has 0 rings (SSSR count). The van der Waals surface area contributed by atoms with E-state index in [9.17, 15) is 14.4 Å². The maximum absolute atomic E-state index is 12.9. The lowest BCUT2D eigenvalue weighted by molar-refractivity contribution is -0.167. The molecule has 0 aromatic heterocycles. The van der Waals surface area contributed by atoms with E-state index in [1.54, 1.807) is 0 Å². The van der Waals surface area contributed by atoms with Crippen LogP contribution in [0.25, 0.3) is 0 Å². The Bertz CT molecular complexity index is 1620. The van der Waals surface area contributed by atoms with Gasteiger partial charge in [0.05, 0.1) is 0 Å². The maximum atomic E-state index is 12.9. The number of rotatable bonds is 58. The highest BCUT2D eigenvalue weighted by molar-refractivity contribution is 5.71. The van der Waals surface area contributed by atoms with Crippen LogP contribution in [-0.2, 0) is 28.6 Å². The third kappa shape index (κ3) is 62.7. The van der Waals surface area contributed by atoms with Crippen molar-refractivity contribution in [2.45, 2.75) is 303 Å². The van der Waals surface area contributed by atoms with Crippen molar-refractivity contribution in [3.63, 3.8) is 0 Å². The minimum absolute atomic E-state index is 0.0839. The summed E-state index contributed by atoms with van der Waals surface area (Å²) < 4.78 is 16.9. The highest BCUT2D eigenvalue weighted by atomic mass is 16.6. The van der Waals surface area contributed by atoms with E-state index in [0.717, 1.165) is 135 Å². The fraction of sp³-hybridized carbons (Fsp3) is 0.681. The topological polar surface area (TPSA) is 78.9 Å². The van der Waals surface area contributed by atoms with Gasteiger partial charge in [0.2, 0.25) is 0 Å². The van der Waals surface area contributed by atoms with Crippen molar-refractivity contribution in [2.24, 2.45) is 0 Å². The molecule has 444 valence electrons. The molecule has 6 heteroatoms. The summed E-state index contributed by atoms with van der Waals surface area (Å²) in [7, 11) is 0. The SMILES string of the molecule is CC/C=C\C/C=C\C/C=C\C/C=C\C/C=C\C/C=C\CCCCCCCCC(=O)OC(COC(=O)CCCCCCCCCC)COC(=O)CCCCCCCCCCCCCCCC/C=C\C/C=C\C/C=C\C/C=C\CC. The van der Waals surface area contributed by atoms with Crippen LogP contribution in [0.1, 0.15) is 297 Å². The van der Waals surface area contributed by atoms with Crippen LogP contribution in [0.5, 0.6) is 0 Å². The zero-order valence-electron chi connectivity index (χ0n) is 50.9. The second-order valence-electron chi connectivity index (χ2n) is 21.3. The molecule has 0 N–H and O–H groups in total. The Hall–Kier alpha value is -4.19. The first-order valence-corrected chi connectivity index (χ1v) is 32.5. The van der Waals surface area contributed by atoms with Crippen LogP contribution in [-0.4, -0.2) is 37.2 Å². The van der Waals surface area contributed by atoms with Crippen LogP contribution in [0.15, 0.2) is 122 Å². The summed E-state index contributed by atoms with van der Waals surface area (Å²) in [5.41, 5.74) is 0. The van der Waals surface area contributed by atoms with Gasteiger partial charge in [-0.3, -0.25) is 14.4 Å². The summed E-state index contributed by atoms with van der Waals surface area (Å²) in [6.45, 7) is 6.39. The third-order valence-corrected chi connectivity index (χ3v) is 13.7. The predicted molar refractivity (Wildman–Crippen MR) is 339 cm³/mol. The first-order chi connectivity index (χ1) is 38.5. The minimum atomic E-state index is -0.787. The molecule has 0 bridgehead atoms. The normalized spacial score (nSPS) is 12.9. The van der Waals surface area contributed by atoms with Crippen LogP contribution in [0, 0.1) is 0 Å². The Balaban J connectivity index is 4.21. The Labute approximate surface area is 482 Å². The number of carbonyl (C=O) groups is 3. The van der Waals surface area contributed by atoms with Gasteiger partial charge in [-0.1, -0.05) is 290 Å². The lowest BCUT2D eigenvalue weighted by Crippen LogP contribution is -2.30. The highest BCUT2D eigenvalue weighted by Crippen LogP contribution is 2.16. The summed E-state index contributed by atoms with van der Waals surface area (Å²) in [6, 6.07) is 0. The number of ether oxygens (including phenoxy) is 3. The van der Waals surface area contributed by atoms with Gasteiger partial charge in [0, 0.05) is 19.3 Å². The standard InChI is InChI=1S/C72H120O6/c1-4-7-10-13-16-19-21-23-25-27-29-31-33-35-36-38-39-41-43-45-47-49-51-53-56-59-62-65-71(74)77-68-69(67-76-70(73)64-61-58-55-18-15-12-9-6-3)78-72(75)66-63-60-57-54-52-50-48-46-44-42-40-37-34-32-30-28-26-24-22-20-17-14-11-8-5-2/h7-8,10-11,16-17,19-20,23-26,29-32,37,40,44,46,69H,4-6,9,12-15,18,21-22,27-28,33-36,38-39,41-43,45,47-68H2,1-3H3/b10-7-,11-8-,19-16-,20-17-,25-23-,26-24-,31-29-,32-30-,40-37-,46-44-. The van der Waals surface area contributed by atoms with Gasteiger partial charge in [-0.05, 0) is 109 Å². The number of allylic oxidation sites excluding steroid dienone is 20. The van der Waals surface area contributed by atoms with Crippen molar-refractivity contribution in [2.75, 3.05) is 13.2 Å². The molecule has 0 saturated carbocycles. The molecule has 78 heavy (non-hydrogen) atoms. The number of hydrogen-bond acceptors (Lipinski definition) is 6. The average Bonchev–Trinajstić information content (AvgIpc) is 3.44. The van der Waals surface area contributed by atoms with Crippen molar-refractivity contribution in [1.29, 1.82) is 0 Å². The second-order valence-corrected chi connectivity index (χ2v) is 21.3. The molecule has 0 radical (unpaired) electrons. The van der Waals surface area contributed by atoms with Gasteiger partial charge in [0.1, 0.15) is 13.2 Å². The van der Waals surface area contributed by atoms with Crippen molar-refractivity contribution in [1.82, 2.24) is 0 Å². The molecule has 0 aromatic rings. The molecular formula is C72H120O6. The van der Waals surface area contributed by atoms with E-state index < -0.39 is 6.10 Å². The third-order valence-electron chi connectivity index (χ3n) is 13.7. The molecule has 0 amide bonds. The molecule has 6 nitrogen and oxygen atoms in total. The summed E-state index contributed by atoms with van der Waals surface area (Å²) in [6.07, 6.45) is 90.8. The first kappa shape index (κ1) is 73.8. The fourth-order valence-electron chi connectivity index (χ4n) is 8.91. The molecule has 0 heterocycles. The zero-order chi connectivity index (χ0) is 56.4. The van der Waals surface area contributed by atoms with E-state index in [0.29, 0.717) is 19.3 Å². The Morgan fingerprint density at radius 1 is 0.269 bits per heavy atom. The van der Waals surface area contributed by atoms with E-state index in [2.05, 4.69) is 142 Å². The van der Waals surface area contributed by atoms with Crippen LogP contribution >= 0.6 is 0 Å². The smallest absolute Gasteiger partial charge is 0.306 e. The van der Waals surface area contributed by atoms with Crippen molar-refractivity contribution in [3.8, 4) is 0 Å². The largest absolute Gasteiger partial charge is 0.462 e. The lowest BCUT2D eigenvalue weighted by Gasteiger charge is -2.18. The minimum Gasteiger partial charge on any atom is -0.462 e. The van der Waals surface area contributed by atoms with Gasteiger partial charge < -0.3 is 14.2 Å². The molecule has 0 aliphatic carbocycles. The van der Waals surface area contributed by atoms with E-state index >= 15 is 0 Å². The summed E-state index contributed by atoms with van der Waals surface area (Å²) in [5, 5.41) is 0. The summed E-state index contributed by atoms with van der Waals surface area (Å²) in [5.74, 6) is -0.898. The quantitative estimate of drug-likeness (QED) is 0.0261. The van der Waals surface area contributed by atoms with Crippen molar-refractivity contribution < 1.29 is 28.6 Å². The summed E-state index contributed by atoms with van der Waals surface area (Å²) in [4.78, 5) is 38.2. The van der Waals surface area contributed by atoms with Gasteiger partial charge in [0.15, 0.2) is 6.10 Å². The second kappa shape index (κ2) is 65.3. The van der Waals surface area contributed by atoms with Crippen LogP contribution in [0.4, 0.5) is 0 Å². The number of hydrogen-bond donors (Lipinski definition) is 0. The van der Waals surface area contributed by atoms with Crippen molar-refractivity contribution in [3.05, 3.63) is 122 Å². The zero-order valence-corrected chi connectivity index (χ0v) is 50.9. The molecule has 0 aliphatic heterocycles. The van der Waals surface area contributed by atoms with E-state index in [1.165, 1.54) is 122 Å². The first-order valence-electron chi connectivity index (χ1n) is 32.5. The van der Waals surface area contributed by atoms with Gasteiger partial charge in [-0.2, -0.15) is 0 Å². The van der Waals surface area contributed by atoms with E-state index in [4.69, 9.17) is 14.2 Å². The predicted octanol–water partition coefficient (Wildman–Crippen LogP) is 22.4. The summed E-state index contributed by atoms with van der Waals surface area (Å²) >= 11 is 0. The van der Waals surface area contributed by atoms with E-state index in [1.807, 2.05) is 0 Å². The fourth-order valence-corrected chi connectivity index (χ4v) is 8.91. The number of carbonyl (C=O) groups excluding carboxylic acids is 3. The molecule has 1 unspecified atom stereocenters. The number of esters is 3. The lowest BCUT2D eigenvalue weighted by atomic mass is 10.0. The Kier molecular flexibility index (Phi) is 61.8. The van der Waals surface area contributed by atoms with Gasteiger partial charge in [-0.25, -0.2) is 0 Å². The Morgan fingerprint density at radius 3 is 0.782 bits per heavy atom. The maximum Gasteiger partial charge on any atom is 0.306 e. The van der Waals surface area contributed by atoms with Gasteiger partial charge in [0.25, 0.3) is 0 Å². The molecular weight excluding hydrogens is 961 g/mol. The molecule has 0 fully saturated rings. The van der Waals surface area contributed by atoms with Gasteiger partial charge >= 0.3 is 17.9 Å². The van der Waals surface area contributed by atoms with E-state index in [-0.39, 0.29) is 31.1 Å². The van der Waals surface area contributed by atoms with Gasteiger partial charge in [-0.15, -0.1) is 0 Å². The monoisotopic (exact) mass is 1080 g/mol. The Morgan fingerprint density at radius 2 is 0.500 bits per heavy atom. The molecule has 1 atom stereocenters. The number of unbranched alkanes of at least 4 members (excludes halogenated alkanes) is 27. The van der Waals surface area contributed by atoms with Crippen LogP contribution in [0.2, 0.25) is 0 Å².